The van der Waals surface area contributed by atoms with Crippen molar-refractivity contribution in [3.05, 3.63) is 0 Å². The van der Waals surface area contributed by atoms with Gasteiger partial charge in [-0.05, 0) is 19.4 Å². The summed E-state index contributed by atoms with van der Waals surface area (Å²) in [6.45, 7) is 0.0782. The van der Waals surface area contributed by atoms with E-state index >= 15 is 0 Å². The number of carboxylic acid groups (broad SMARTS) is 1. The van der Waals surface area contributed by atoms with Gasteiger partial charge in [0.2, 0.25) is 0 Å². The number of halogens is 2. The van der Waals surface area contributed by atoms with Crippen LogP contribution in [0.15, 0.2) is 0 Å². The number of unbranched alkanes of at least 4 members (excludes halogenated alkanes) is 1. The van der Waals surface area contributed by atoms with Crippen LogP contribution in [0, 0.1) is 0 Å². The molecule has 0 aromatic rings. The van der Waals surface area contributed by atoms with E-state index in [1.807, 2.05) is 0 Å². The van der Waals surface area contributed by atoms with E-state index in [4.69, 9.17) is 10.2 Å². The first kappa shape index (κ1) is 14.2. The molecule has 0 atom stereocenters. The van der Waals surface area contributed by atoms with Crippen molar-refractivity contribution in [1.82, 2.24) is 4.90 Å². The molecule has 0 heterocycles. The van der Waals surface area contributed by atoms with Crippen LogP contribution in [0.4, 0.5) is 8.78 Å². The maximum Gasteiger partial charge on any atom is 0.303 e. The quantitative estimate of drug-likeness (QED) is 0.570. The van der Waals surface area contributed by atoms with Gasteiger partial charge >= 0.3 is 5.97 Å². The van der Waals surface area contributed by atoms with E-state index in [-0.39, 0.29) is 26.1 Å². The number of aliphatic carboxylic acids is 1. The Balaban J connectivity index is 3.60. The van der Waals surface area contributed by atoms with Crippen molar-refractivity contribution in [2.24, 2.45) is 0 Å². The third-order valence-electron chi connectivity index (χ3n) is 1.93. The Morgan fingerprint density at radius 3 is 2.40 bits per heavy atom. The minimum Gasteiger partial charge on any atom is -0.481 e. The van der Waals surface area contributed by atoms with Crippen LogP contribution in [0.1, 0.15) is 19.3 Å². The molecule has 0 aliphatic carbocycles. The molecule has 0 amide bonds. The molecule has 0 bridgehead atoms. The van der Waals surface area contributed by atoms with E-state index < -0.39 is 12.4 Å². The first-order valence-electron chi connectivity index (χ1n) is 4.89. The van der Waals surface area contributed by atoms with Crippen LogP contribution < -0.4 is 0 Å². The molecule has 0 fully saturated rings. The van der Waals surface area contributed by atoms with Crippen LogP contribution in [0.25, 0.3) is 0 Å². The van der Waals surface area contributed by atoms with Gasteiger partial charge in [-0.1, -0.05) is 0 Å². The first-order chi connectivity index (χ1) is 7.06. The summed E-state index contributed by atoms with van der Waals surface area (Å²) in [5, 5.41) is 17.0. The second kappa shape index (κ2) is 8.55. The minimum atomic E-state index is -2.42. The fourth-order valence-corrected chi connectivity index (χ4v) is 1.24. The molecule has 0 aromatic carbocycles. The maximum atomic E-state index is 12.0. The molecule has 15 heavy (non-hydrogen) atoms. The maximum absolute atomic E-state index is 12.0. The number of aliphatic hydroxyl groups is 1. The molecule has 0 rings (SSSR count). The Morgan fingerprint density at radius 1 is 1.27 bits per heavy atom. The number of aliphatic hydroxyl groups excluding tert-OH is 1. The molecule has 2 N–H and O–H groups in total. The molecule has 90 valence electrons. The molecule has 0 aliphatic heterocycles. The smallest absolute Gasteiger partial charge is 0.303 e. The zero-order chi connectivity index (χ0) is 11.7. The van der Waals surface area contributed by atoms with Crippen molar-refractivity contribution in [2.45, 2.75) is 25.7 Å². The number of carboxylic acids is 1. The van der Waals surface area contributed by atoms with Gasteiger partial charge in [-0.2, -0.15) is 0 Å². The van der Waals surface area contributed by atoms with Crippen LogP contribution in [-0.2, 0) is 4.79 Å². The molecule has 6 heteroatoms. The van der Waals surface area contributed by atoms with Gasteiger partial charge in [0.15, 0.2) is 0 Å². The van der Waals surface area contributed by atoms with Crippen molar-refractivity contribution < 1.29 is 23.8 Å². The zero-order valence-corrected chi connectivity index (χ0v) is 8.53. The predicted octanol–water partition coefficient (Wildman–Crippen LogP) is 0.801. The third-order valence-corrected chi connectivity index (χ3v) is 1.93. The van der Waals surface area contributed by atoms with E-state index in [0.717, 1.165) is 0 Å². The average Bonchev–Trinajstić information content (AvgIpc) is 2.11. The van der Waals surface area contributed by atoms with E-state index in [1.165, 1.54) is 4.90 Å². The predicted molar refractivity (Wildman–Crippen MR) is 51.0 cm³/mol. The second-order valence-corrected chi connectivity index (χ2v) is 3.27. The van der Waals surface area contributed by atoms with Gasteiger partial charge in [0, 0.05) is 13.0 Å². The monoisotopic (exact) mass is 225 g/mol. The van der Waals surface area contributed by atoms with Crippen molar-refractivity contribution in [3.8, 4) is 0 Å². The molecular weight excluding hydrogens is 208 g/mol. The van der Waals surface area contributed by atoms with Crippen molar-refractivity contribution >= 4 is 5.97 Å². The lowest BCUT2D eigenvalue weighted by molar-refractivity contribution is -0.137. The molecule has 0 saturated heterocycles. The molecule has 0 radical (unpaired) electrons. The summed E-state index contributed by atoms with van der Waals surface area (Å²) >= 11 is 0. The topological polar surface area (TPSA) is 60.8 Å². The van der Waals surface area contributed by atoms with Crippen LogP contribution in [0.5, 0.6) is 0 Å². The summed E-state index contributed by atoms with van der Waals surface area (Å²) in [6.07, 6.45) is -1.34. The van der Waals surface area contributed by atoms with Gasteiger partial charge in [-0.15, -0.1) is 0 Å². The molecule has 0 aromatic heterocycles. The highest BCUT2D eigenvalue weighted by atomic mass is 19.3. The minimum absolute atomic E-state index is 0.0572. The van der Waals surface area contributed by atoms with Crippen molar-refractivity contribution in [1.29, 1.82) is 0 Å². The number of carbonyl (C=O) groups is 1. The van der Waals surface area contributed by atoms with Crippen LogP contribution in [0.2, 0.25) is 0 Å². The van der Waals surface area contributed by atoms with Gasteiger partial charge < -0.3 is 10.2 Å². The Labute approximate surface area is 87.5 Å². The Hall–Kier alpha value is -0.750. The van der Waals surface area contributed by atoms with Crippen LogP contribution in [0.3, 0.4) is 0 Å². The van der Waals surface area contributed by atoms with E-state index in [9.17, 15) is 13.6 Å². The largest absolute Gasteiger partial charge is 0.481 e. The number of nitrogens with zero attached hydrogens (tertiary/aromatic N) is 1. The van der Waals surface area contributed by atoms with Gasteiger partial charge in [0.25, 0.3) is 6.43 Å². The van der Waals surface area contributed by atoms with Gasteiger partial charge in [-0.3, -0.25) is 9.69 Å². The third kappa shape index (κ3) is 9.55. The van der Waals surface area contributed by atoms with Gasteiger partial charge in [0.05, 0.1) is 13.2 Å². The number of hydrogen-bond acceptors (Lipinski definition) is 3. The highest BCUT2D eigenvalue weighted by molar-refractivity contribution is 5.66. The molecule has 0 spiro atoms. The number of rotatable bonds is 9. The SMILES string of the molecule is O=C(O)CCCCN(CCO)CC(F)F. The Kier molecular flexibility index (Phi) is 8.12. The molecule has 0 saturated carbocycles. The lowest BCUT2D eigenvalue weighted by Crippen LogP contribution is -2.32. The summed E-state index contributed by atoms with van der Waals surface area (Å²) in [4.78, 5) is 11.6. The first-order valence-corrected chi connectivity index (χ1v) is 4.89. The second-order valence-electron chi connectivity index (χ2n) is 3.27. The summed E-state index contributed by atoms with van der Waals surface area (Å²) < 4.78 is 24.1. The highest BCUT2D eigenvalue weighted by Gasteiger charge is 2.11. The standard InChI is InChI=1S/C9H17F2NO3/c10-8(11)7-12(5-6-13)4-2-1-3-9(14)15/h8,13H,1-7H2,(H,14,15). The van der Waals surface area contributed by atoms with Gasteiger partial charge in [-0.25, -0.2) is 8.78 Å². The molecular formula is C9H17F2NO3. The fraction of sp³-hybridized carbons (Fsp3) is 0.889. The van der Waals surface area contributed by atoms with E-state index in [1.54, 1.807) is 0 Å². The molecule has 4 nitrogen and oxygen atoms in total. The van der Waals surface area contributed by atoms with Crippen LogP contribution >= 0.6 is 0 Å². The molecule has 0 aliphatic rings. The number of hydrogen-bond donors (Lipinski definition) is 2. The summed E-state index contributed by atoms with van der Waals surface area (Å²) in [5.41, 5.74) is 0. The molecule has 0 unspecified atom stereocenters. The van der Waals surface area contributed by atoms with Gasteiger partial charge in [0.1, 0.15) is 0 Å². The van der Waals surface area contributed by atoms with E-state index in [0.29, 0.717) is 19.4 Å². The lowest BCUT2D eigenvalue weighted by Gasteiger charge is -2.20. The normalized spacial score (nSPS) is 11.3. The lowest BCUT2D eigenvalue weighted by atomic mass is 10.2. The average molecular weight is 225 g/mol. The summed E-state index contributed by atoms with van der Waals surface area (Å²) in [7, 11) is 0. The zero-order valence-electron chi connectivity index (χ0n) is 8.53. The van der Waals surface area contributed by atoms with Crippen LogP contribution in [-0.4, -0.2) is 53.7 Å². The van der Waals surface area contributed by atoms with Crippen molar-refractivity contribution in [3.63, 3.8) is 0 Å². The van der Waals surface area contributed by atoms with E-state index in [2.05, 4.69) is 0 Å². The Morgan fingerprint density at radius 2 is 1.93 bits per heavy atom. The summed E-state index contributed by atoms with van der Waals surface area (Å²) in [6, 6.07) is 0. The van der Waals surface area contributed by atoms with Crippen molar-refractivity contribution in [2.75, 3.05) is 26.2 Å². The summed E-state index contributed by atoms with van der Waals surface area (Å²) in [5.74, 6) is -0.877. The number of alkyl halides is 2. The fourth-order valence-electron chi connectivity index (χ4n) is 1.24. The Bertz CT molecular complexity index is 179. The highest BCUT2D eigenvalue weighted by Crippen LogP contribution is 2.02.